The maximum atomic E-state index is 2.36. The molecule has 0 saturated heterocycles. The van der Waals surface area contributed by atoms with Gasteiger partial charge in [0.05, 0.1) is 11.4 Å². The van der Waals surface area contributed by atoms with Gasteiger partial charge in [0.2, 0.25) is 0 Å². The van der Waals surface area contributed by atoms with Crippen LogP contribution < -0.4 is 0 Å². The van der Waals surface area contributed by atoms with Crippen LogP contribution in [0.1, 0.15) is 0 Å². The lowest BCUT2D eigenvalue weighted by molar-refractivity contribution is 1.09. The van der Waals surface area contributed by atoms with Crippen molar-refractivity contribution in [2.75, 3.05) is 0 Å². The number of benzene rings is 6. The second-order valence-electron chi connectivity index (χ2n) is 9.41. The maximum Gasteiger partial charge on any atom is 0.0535 e. The molecular formula is C36H25N. The highest BCUT2D eigenvalue weighted by Gasteiger charge is 2.15. The molecule has 6 aromatic carbocycles. The quantitative estimate of drug-likeness (QED) is 0.225. The fourth-order valence-electron chi connectivity index (χ4n) is 5.48. The molecule has 0 atom stereocenters. The highest BCUT2D eigenvalue weighted by atomic mass is 15.0. The molecular weight excluding hydrogens is 446 g/mol. The molecule has 1 heteroatoms. The fraction of sp³-hybridized carbons (Fsp3) is 0. The lowest BCUT2D eigenvalue weighted by Crippen LogP contribution is -1.99. The number of hydrogen-bond donors (Lipinski definition) is 0. The van der Waals surface area contributed by atoms with E-state index in [1.165, 1.54) is 55.2 Å². The summed E-state index contributed by atoms with van der Waals surface area (Å²) in [5.41, 5.74) is 8.45. The van der Waals surface area contributed by atoms with Crippen molar-refractivity contribution >= 4 is 21.5 Å². The van der Waals surface area contributed by atoms with Crippen LogP contribution in [0.15, 0.2) is 152 Å². The van der Waals surface area contributed by atoms with Crippen molar-refractivity contribution in [2.24, 2.45) is 0 Å². The van der Waals surface area contributed by atoms with Crippen LogP contribution in [-0.4, -0.2) is 4.57 Å². The fourth-order valence-corrected chi connectivity index (χ4v) is 5.48. The van der Waals surface area contributed by atoms with Gasteiger partial charge < -0.3 is 4.57 Å². The molecule has 0 saturated carbocycles. The lowest BCUT2D eigenvalue weighted by Gasteiger charge is -2.15. The third kappa shape index (κ3) is 3.73. The first kappa shape index (κ1) is 21.4. The predicted octanol–water partition coefficient (Wildman–Crippen LogP) is 9.78. The van der Waals surface area contributed by atoms with E-state index in [1.54, 1.807) is 0 Å². The average molecular weight is 472 g/mol. The summed E-state index contributed by atoms with van der Waals surface area (Å²) in [6, 6.07) is 54.4. The summed E-state index contributed by atoms with van der Waals surface area (Å²) < 4.78 is 2.36. The molecule has 0 spiro atoms. The third-order valence-electron chi connectivity index (χ3n) is 7.21. The summed E-state index contributed by atoms with van der Waals surface area (Å²) in [7, 11) is 0. The van der Waals surface area contributed by atoms with Gasteiger partial charge in [0, 0.05) is 5.69 Å². The van der Waals surface area contributed by atoms with Crippen LogP contribution in [-0.2, 0) is 0 Å². The Bertz CT molecular complexity index is 1790. The zero-order valence-electron chi connectivity index (χ0n) is 20.4. The standard InChI is InChI=1S/C36H25N/c1-3-11-26(12-4-1)34-23-24-35(37(34)31-15-5-2-6-16-31)27-19-21-28(22-20-27)36-32-17-9-7-13-29(32)25-30-14-8-10-18-33(30)36/h1-25H. The summed E-state index contributed by atoms with van der Waals surface area (Å²) in [4.78, 5) is 0. The zero-order chi connectivity index (χ0) is 24.6. The number of rotatable bonds is 4. The SMILES string of the molecule is c1ccc(-c2ccc(-c3ccc(-c4c5ccccc5cc5ccccc45)cc3)n2-c2ccccc2)cc1. The summed E-state index contributed by atoms with van der Waals surface area (Å²) in [5.74, 6) is 0. The minimum absolute atomic E-state index is 1.16. The van der Waals surface area contributed by atoms with E-state index in [0.717, 1.165) is 5.69 Å². The smallest absolute Gasteiger partial charge is 0.0535 e. The third-order valence-corrected chi connectivity index (χ3v) is 7.21. The Morgan fingerprint density at radius 3 is 1.41 bits per heavy atom. The molecule has 0 fully saturated rings. The van der Waals surface area contributed by atoms with Gasteiger partial charge in [-0.25, -0.2) is 0 Å². The molecule has 0 N–H and O–H groups in total. The molecule has 0 amide bonds. The highest BCUT2D eigenvalue weighted by molar-refractivity contribution is 6.12. The van der Waals surface area contributed by atoms with Crippen LogP contribution in [0.25, 0.3) is 60.9 Å². The van der Waals surface area contributed by atoms with Gasteiger partial charge in [-0.1, -0.05) is 121 Å². The van der Waals surface area contributed by atoms with E-state index in [9.17, 15) is 0 Å². The van der Waals surface area contributed by atoms with Gasteiger partial charge in [-0.3, -0.25) is 0 Å². The van der Waals surface area contributed by atoms with Crippen LogP contribution in [0.4, 0.5) is 0 Å². The van der Waals surface area contributed by atoms with Crippen molar-refractivity contribution < 1.29 is 0 Å². The van der Waals surface area contributed by atoms with E-state index in [-0.39, 0.29) is 0 Å². The topological polar surface area (TPSA) is 4.93 Å². The molecule has 0 bridgehead atoms. The molecule has 1 heterocycles. The molecule has 0 aliphatic heterocycles. The number of nitrogens with zero attached hydrogens (tertiary/aromatic N) is 1. The Morgan fingerprint density at radius 1 is 0.351 bits per heavy atom. The Hall–Kier alpha value is -4.88. The van der Waals surface area contributed by atoms with Gasteiger partial charge in [-0.05, 0) is 74.1 Å². The van der Waals surface area contributed by atoms with Crippen molar-refractivity contribution in [3.05, 3.63) is 152 Å². The van der Waals surface area contributed by atoms with E-state index < -0.39 is 0 Å². The van der Waals surface area contributed by atoms with Crippen LogP contribution in [0.3, 0.4) is 0 Å². The number of para-hydroxylation sites is 1. The molecule has 7 aromatic rings. The van der Waals surface area contributed by atoms with Crippen molar-refractivity contribution in [1.82, 2.24) is 4.57 Å². The zero-order valence-corrected chi connectivity index (χ0v) is 20.4. The molecule has 0 aliphatic carbocycles. The van der Waals surface area contributed by atoms with E-state index in [4.69, 9.17) is 0 Å². The van der Waals surface area contributed by atoms with E-state index in [2.05, 4.69) is 156 Å². The monoisotopic (exact) mass is 471 g/mol. The van der Waals surface area contributed by atoms with Gasteiger partial charge in [0.15, 0.2) is 0 Å². The molecule has 1 nitrogen and oxygen atoms in total. The first-order valence-electron chi connectivity index (χ1n) is 12.7. The first-order valence-corrected chi connectivity index (χ1v) is 12.7. The molecule has 0 unspecified atom stereocenters. The van der Waals surface area contributed by atoms with Crippen LogP contribution >= 0.6 is 0 Å². The largest absolute Gasteiger partial charge is 0.309 e. The second-order valence-corrected chi connectivity index (χ2v) is 9.41. The average Bonchev–Trinajstić information content (AvgIpc) is 3.42. The number of hydrogen-bond acceptors (Lipinski definition) is 0. The van der Waals surface area contributed by atoms with Gasteiger partial charge in [-0.15, -0.1) is 0 Å². The van der Waals surface area contributed by atoms with Gasteiger partial charge >= 0.3 is 0 Å². The number of fused-ring (bicyclic) bond motifs is 2. The Balaban J connectivity index is 1.40. The summed E-state index contributed by atoms with van der Waals surface area (Å²) >= 11 is 0. The van der Waals surface area contributed by atoms with Gasteiger partial charge in [0.1, 0.15) is 0 Å². The summed E-state index contributed by atoms with van der Waals surface area (Å²) in [6.07, 6.45) is 0. The van der Waals surface area contributed by atoms with E-state index in [0.29, 0.717) is 0 Å². The summed E-state index contributed by atoms with van der Waals surface area (Å²) in [6.45, 7) is 0. The summed E-state index contributed by atoms with van der Waals surface area (Å²) in [5, 5.41) is 5.11. The maximum absolute atomic E-state index is 2.36. The van der Waals surface area contributed by atoms with Crippen molar-refractivity contribution in [3.63, 3.8) is 0 Å². The van der Waals surface area contributed by atoms with Crippen LogP contribution in [0.2, 0.25) is 0 Å². The highest BCUT2D eigenvalue weighted by Crippen LogP contribution is 2.38. The first-order chi connectivity index (χ1) is 18.4. The molecule has 0 radical (unpaired) electrons. The van der Waals surface area contributed by atoms with Gasteiger partial charge in [0.25, 0.3) is 0 Å². The van der Waals surface area contributed by atoms with Crippen molar-refractivity contribution in [2.45, 2.75) is 0 Å². The Labute approximate surface area is 216 Å². The van der Waals surface area contributed by atoms with Gasteiger partial charge in [-0.2, -0.15) is 0 Å². The van der Waals surface area contributed by atoms with Crippen LogP contribution in [0.5, 0.6) is 0 Å². The molecule has 0 aliphatic rings. The van der Waals surface area contributed by atoms with Crippen molar-refractivity contribution in [1.29, 1.82) is 0 Å². The van der Waals surface area contributed by atoms with E-state index >= 15 is 0 Å². The van der Waals surface area contributed by atoms with Crippen LogP contribution in [0, 0.1) is 0 Å². The number of aromatic nitrogens is 1. The molecule has 1 aromatic heterocycles. The van der Waals surface area contributed by atoms with E-state index in [1.807, 2.05) is 0 Å². The predicted molar refractivity (Wildman–Crippen MR) is 157 cm³/mol. The lowest BCUT2D eigenvalue weighted by atomic mass is 9.91. The Morgan fingerprint density at radius 2 is 0.811 bits per heavy atom. The minimum Gasteiger partial charge on any atom is -0.309 e. The van der Waals surface area contributed by atoms with Crippen molar-refractivity contribution in [3.8, 4) is 39.3 Å². The minimum atomic E-state index is 1.16. The Kier molecular flexibility index (Phi) is 5.19. The normalized spacial score (nSPS) is 11.2. The molecule has 7 rings (SSSR count). The second kappa shape index (κ2) is 8.96. The molecule has 37 heavy (non-hydrogen) atoms. The molecule has 174 valence electrons.